The van der Waals surface area contributed by atoms with Gasteiger partial charge in [-0.1, -0.05) is 27.5 Å². The summed E-state index contributed by atoms with van der Waals surface area (Å²) < 4.78 is 37.4. The molecule has 0 radical (unpaired) electrons. The average molecular weight is 449 g/mol. The molecule has 6 nitrogen and oxygen atoms in total. The molecule has 25 heavy (non-hydrogen) atoms. The van der Waals surface area contributed by atoms with Crippen molar-refractivity contribution in [2.45, 2.75) is 4.90 Å². The predicted molar refractivity (Wildman–Crippen MR) is 98.7 cm³/mol. The van der Waals surface area contributed by atoms with E-state index in [0.29, 0.717) is 11.4 Å². The second-order valence-electron chi connectivity index (χ2n) is 4.86. The first kappa shape index (κ1) is 19.6. The molecular formula is C16H15BrClNO5S. The molecule has 0 bridgehead atoms. The van der Waals surface area contributed by atoms with Crippen LogP contribution in [-0.4, -0.2) is 35.2 Å². The molecule has 0 aromatic heterocycles. The molecule has 134 valence electrons. The summed E-state index contributed by atoms with van der Waals surface area (Å²) >= 11 is 9.32. The van der Waals surface area contributed by atoms with Crippen LogP contribution in [0, 0.1) is 0 Å². The summed E-state index contributed by atoms with van der Waals surface area (Å²) in [6.45, 7) is -0.468. The van der Waals surface area contributed by atoms with Crippen molar-refractivity contribution in [1.82, 2.24) is 0 Å². The molecule has 0 spiro atoms. The Bertz CT molecular complexity index is 871. The molecule has 2 aromatic carbocycles. The first-order chi connectivity index (χ1) is 11.8. The Morgan fingerprint density at radius 1 is 1.16 bits per heavy atom. The molecule has 9 heteroatoms. The summed E-state index contributed by atoms with van der Waals surface area (Å²) in [7, 11) is -1.42. The summed E-state index contributed by atoms with van der Waals surface area (Å²) in [4.78, 5) is 11.7. The molecular weight excluding hydrogens is 434 g/mol. The van der Waals surface area contributed by atoms with Crippen molar-refractivity contribution in [2.75, 3.05) is 25.1 Å². The number of ether oxygens (including phenoxy) is 2. The van der Waals surface area contributed by atoms with Crippen LogP contribution in [0.2, 0.25) is 5.02 Å². The summed E-state index contributed by atoms with van der Waals surface area (Å²) in [5.74, 6) is -0.338. The minimum absolute atomic E-state index is 0.0647. The van der Waals surface area contributed by atoms with Crippen LogP contribution in [0.25, 0.3) is 0 Å². The monoisotopic (exact) mass is 447 g/mol. The van der Waals surface area contributed by atoms with Gasteiger partial charge in [0.25, 0.3) is 10.0 Å². The molecule has 0 aliphatic heterocycles. The number of halogens is 2. The number of hydrogen-bond donors (Lipinski definition) is 0. The van der Waals surface area contributed by atoms with Crippen LogP contribution in [0.15, 0.2) is 51.8 Å². The third-order valence-electron chi connectivity index (χ3n) is 3.33. The van der Waals surface area contributed by atoms with Crippen molar-refractivity contribution >= 4 is 49.2 Å². The Morgan fingerprint density at radius 3 is 2.32 bits per heavy atom. The van der Waals surface area contributed by atoms with E-state index in [4.69, 9.17) is 16.3 Å². The minimum Gasteiger partial charge on any atom is -0.495 e. The molecule has 0 saturated heterocycles. The van der Waals surface area contributed by atoms with Gasteiger partial charge in [-0.05, 0) is 42.5 Å². The van der Waals surface area contributed by atoms with Crippen molar-refractivity contribution in [3.05, 3.63) is 52.0 Å². The maximum atomic E-state index is 13.0. The highest BCUT2D eigenvalue weighted by Crippen LogP contribution is 2.30. The van der Waals surface area contributed by atoms with Crippen LogP contribution in [0.4, 0.5) is 5.69 Å². The van der Waals surface area contributed by atoms with Crippen LogP contribution in [0.1, 0.15) is 0 Å². The third kappa shape index (κ3) is 4.45. The molecule has 0 N–H and O–H groups in total. The van der Waals surface area contributed by atoms with Crippen LogP contribution < -0.4 is 9.04 Å². The Kier molecular flexibility index (Phi) is 6.31. The van der Waals surface area contributed by atoms with E-state index in [-0.39, 0.29) is 9.92 Å². The van der Waals surface area contributed by atoms with Crippen molar-refractivity contribution in [3.8, 4) is 5.75 Å². The van der Waals surface area contributed by atoms with E-state index in [0.717, 1.165) is 8.78 Å². The number of sulfonamides is 1. The van der Waals surface area contributed by atoms with Gasteiger partial charge in [-0.25, -0.2) is 8.42 Å². The highest BCUT2D eigenvalue weighted by Gasteiger charge is 2.28. The van der Waals surface area contributed by atoms with E-state index in [1.54, 1.807) is 24.3 Å². The number of anilines is 1. The second-order valence-corrected chi connectivity index (χ2v) is 8.05. The van der Waals surface area contributed by atoms with E-state index in [2.05, 4.69) is 20.7 Å². The van der Waals surface area contributed by atoms with Gasteiger partial charge >= 0.3 is 5.97 Å². The zero-order valence-electron chi connectivity index (χ0n) is 13.4. The van der Waals surface area contributed by atoms with Gasteiger partial charge in [-0.15, -0.1) is 0 Å². The number of methoxy groups -OCH3 is 2. The van der Waals surface area contributed by atoms with Gasteiger partial charge in [0.1, 0.15) is 12.3 Å². The topological polar surface area (TPSA) is 72.9 Å². The molecule has 0 heterocycles. The van der Waals surface area contributed by atoms with Gasteiger partial charge < -0.3 is 9.47 Å². The maximum absolute atomic E-state index is 13.0. The van der Waals surface area contributed by atoms with Gasteiger partial charge in [0, 0.05) is 4.47 Å². The van der Waals surface area contributed by atoms with Crippen LogP contribution >= 0.6 is 27.5 Å². The van der Waals surface area contributed by atoms with Crippen molar-refractivity contribution < 1.29 is 22.7 Å². The lowest BCUT2D eigenvalue weighted by atomic mass is 10.3. The fourth-order valence-corrected chi connectivity index (χ4v) is 4.06. The quantitative estimate of drug-likeness (QED) is 0.633. The van der Waals surface area contributed by atoms with Gasteiger partial charge in [-0.2, -0.15) is 0 Å². The summed E-state index contributed by atoms with van der Waals surface area (Å²) in [6.07, 6.45) is 0. The Hall–Kier alpha value is -1.77. The number of hydrogen-bond acceptors (Lipinski definition) is 5. The smallest absolute Gasteiger partial charge is 0.326 e. The van der Waals surface area contributed by atoms with E-state index in [1.165, 1.54) is 32.4 Å². The van der Waals surface area contributed by atoms with E-state index < -0.39 is 22.5 Å². The Labute approximate surface area is 159 Å². The molecule has 0 fully saturated rings. The number of benzene rings is 2. The Balaban J connectivity index is 2.52. The molecule has 0 amide bonds. The molecule has 0 unspecified atom stereocenters. The van der Waals surface area contributed by atoms with Crippen molar-refractivity contribution in [3.63, 3.8) is 0 Å². The van der Waals surface area contributed by atoms with E-state index in [1.807, 2.05) is 0 Å². The predicted octanol–water partition coefficient (Wildman–Crippen LogP) is 3.48. The number of carbonyl (C=O) groups is 1. The molecule has 0 atom stereocenters. The maximum Gasteiger partial charge on any atom is 0.326 e. The second kappa shape index (κ2) is 8.07. The lowest BCUT2D eigenvalue weighted by molar-refractivity contribution is -0.138. The first-order valence-electron chi connectivity index (χ1n) is 6.98. The molecule has 2 aromatic rings. The average Bonchev–Trinajstić information content (AvgIpc) is 2.60. The highest BCUT2D eigenvalue weighted by atomic mass is 79.9. The zero-order valence-corrected chi connectivity index (χ0v) is 16.6. The van der Waals surface area contributed by atoms with Gasteiger partial charge in [-0.3, -0.25) is 9.10 Å². The third-order valence-corrected chi connectivity index (χ3v) is 5.92. The SMILES string of the molecule is COC(=O)CN(c1ccc(Br)cc1)S(=O)(=O)c1ccc(OC)c(Cl)c1. The summed E-state index contributed by atoms with van der Waals surface area (Å²) in [6, 6.07) is 10.6. The fourth-order valence-electron chi connectivity index (χ4n) is 2.04. The van der Waals surface area contributed by atoms with Crippen LogP contribution in [0.5, 0.6) is 5.75 Å². The molecule has 0 aliphatic rings. The normalized spacial score (nSPS) is 11.0. The highest BCUT2D eigenvalue weighted by molar-refractivity contribution is 9.10. The largest absolute Gasteiger partial charge is 0.495 e. The van der Waals surface area contributed by atoms with Crippen molar-refractivity contribution in [1.29, 1.82) is 0 Å². The standard InChI is InChI=1S/C16H15BrClNO5S/c1-23-15-8-7-13(9-14(15)18)25(21,22)19(10-16(20)24-2)12-5-3-11(17)4-6-12/h3-9H,10H2,1-2H3. The Morgan fingerprint density at radius 2 is 1.80 bits per heavy atom. The van der Waals surface area contributed by atoms with Gasteiger partial charge in [0.2, 0.25) is 0 Å². The van der Waals surface area contributed by atoms with Crippen LogP contribution in [-0.2, 0) is 19.6 Å². The number of carbonyl (C=O) groups excluding carboxylic acids is 1. The lowest BCUT2D eigenvalue weighted by Gasteiger charge is -2.23. The van der Waals surface area contributed by atoms with Crippen LogP contribution in [0.3, 0.4) is 0 Å². The minimum atomic E-state index is -4.04. The van der Waals surface area contributed by atoms with Gasteiger partial charge in [0.15, 0.2) is 0 Å². The van der Waals surface area contributed by atoms with E-state index in [9.17, 15) is 13.2 Å². The molecule has 0 aliphatic carbocycles. The fraction of sp³-hybridized carbons (Fsp3) is 0.188. The number of esters is 1. The van der Waals surface area contributed by atoms with Gasteiger partial charge in [0.05, 0.1) is 29.8 Å². The number of rotatable bonds is 6. The lowest BCUT2D eigenvalue weighted by Crippen LogP contribution is -2.36. The molecule has 2 rings (SSSR count). The molecule has 0 saturated carbocycles. The zero-order chi connectivity index (χ0) is 18.6. The first-order valence-corrected chi connectivity index (χ1v) is 9.59. The van der Waals surface area contributed by atoms with E-state index >= 15 is 0 Å². The van der Waals surface area contributed by atoms with Crippen molar-refractivity contribution in [2.24, 2.45) is 0 Å². The number of nitrogens with zero attached hydrogens (tertiary/aromatic N) is 1. The summed E-state index contributed by atoms with van der Waals surface area (Å²) in [5, 5.41) is 0.150. The summed E-state index contributed by atoms with van der Waals surface area (Å²) in [5.41, 5.74) is 0.320.